The molecule has 0 saturated carbocycles. The SMILES string of the molecule is C=C(C)CCn1ccc(Br)n1. The average Bonchev–Trinajstić information content (AvgIpc) is 2.31. The first-order valence-corrected chi connectivity index (χ1v) is 4.31. The number of rotatable bonds is 3. The van der Waals surface area contributed by atoms with Crippen LogP contribution in [0.1, 0.15) is 13.3 Å². The van der Waals surface area contributed by atoms with E-state index in [1.807, 2.05) is 23.9 Å². The molecule has 1 heterocycles. The highest BCUT2D eigenvalue weighted by atomic mass is 79.9. The molecule has 0 N–H and O–H groups in total. The molecule has 0 amide bonds. The molecule has 3 heteroatoms. The van der Waals surface area contributed by atoms with Crippen molar-refractivity contribution in [3.8, 4) is 0 Å². The third-order valence-electron chi connectivity index (χ3n) is 1.38. The van der Waals surface area contributed by atoms with Crippen LogP contribution in [0.25, 0.3) is 0 Å². The Morgan fingerprint density at radius 1 is 1.82 bits per heavy atom. The van der Waals surface area contributed by atoms with Gasteiger partial charge in [0.2, 0.25) is 0 Å². The van der Waals surface area contributed by atoms with Crippen molar-refractivity contribution in [3.05, 3.63) is 29.0 Å². The van der Waals surface area contributed by atoms with Gasteiger partial charge in [0.1, 0.15) is 4.60 Å². The van der Waals surface area contributed by atoms with E-state index in [9.17, 15) is 0 Å². The summed E-state index contributed by atoms with van der Waals surface area (Å²) >= 11 is 3.28. The predicted molar refractivity (Wildman–Crippen MR) is 49.4 cm³/mol. The molecule has 60 valence electrons. The number of aromatic nitrogens is 2. The summed E-state index contributed by atoms with van der Waals surface area (Å²) in [7, 11) is 0. The summed E-state index contributed by atoms with van der Waals surface area (Å²) < 4.78 is 2.79. The van der Waals surface area contributed by atoms with E-state index in [0.717, 1.165) is 17.6 Å². The summed E-state index contributed by atoms with van der Waals surface area (Å²) in [5, 5.41) is 4.17. The van der Waals surface area contributed by atoms with Gasteiger partial charge in [0.05, 0.1) is 0 Å². The lowest BCUT2D eigenvalue weighted by Crippen LogP contribution is -1.98. The molecular weight excluding hydrogens is 204 g/mol. The lowest BCUT2D eigenvalue weighted by molar-refractivity contribution is 0.609. The molecule has 0 aliphatic rings. The Balaban J connectivity index is 2.45. The van der Waals surface area contributed by atoms with E-state index in [0.29, 0.717) is 0 Å². The van der Waals surface area contributed by atoms with Gasteiger partial charge in [-0.25, -0.2) is 0 Å². The first-order valence-electron chi connectivity index (χ1n) is 3.52. The van der Waals surface area contributed by atoms with Gasteiger partial charge < -0.3 is 0 Å². The van der Waals surface area contributed by atoms with Gasteiger partial charge in [0.15, 0.2) is 0 Å². The van der Waals surface area contributed by atoms with Crippen molar-refractivity contribution in [1.82, 2.24) is 9.78 Å². The third-order valence-corrected chi connectivity index (χ3v) is 1.80. The number of hydrogen-bond acceptors (Lipinski definition) is 1. The van der Waals surface area contributed by atoms with Gasteiger partial charge in [0, 0.05) is 12.7 Å². The molecule has 1 aromatic rings. The molecule has 0 aliphatic carbocycles. The number of hydrogen-bond donors (Lipinski definition) is 0. The van der Waals surface area contributed by atoms with Crippen LogP contribution in [0.15, 0.2) is 29.0 Å². The molecule has 0 radical (unpaired) electrons. The molecule has 0 saturated heterocycles. The minimum absolute atomic E-state index is 0.888. The molecule has 0 aliphatic heterocycles. The van der Waals surface area contributed by atoms with Gasteiger partial charge in [0.25, 0.3) is 0 Å². The van der Waals surface area contributed by atoms with E-state index in [4.69, 9.17) is 0 Å². The Morgan fingerprint density at radius 3 is 3.00 bits per heavy atom. The van der Waals surface area contributed by atoms with Crippen molar-refractivity contribution < 1.29 is 0 Å². The van der Waals surface area contributed by atoms with E-state index in [-0.39, 0.29) is 0 Å². The average molecular weight is 215 g/mol. The van der Waals surface area contributed by atoms with Gasteiger partial charge in [-0.2, -0.15) is 5.10 Å². The molecule has 11 heavy (non-hydrogen) atoms. The normalized spacial score (nSPS) is 10.0. The van der Waals surface area contributed by atoms with Gasteiger partial charge in [-0.05, 0) is 35.3 Å². The molecular formula is C8H11BrN2. The molecule has 0 atom stereocenters. The first kappa shape index (κ1) is 8.53. The maximum Gasteiger partial charge on any atom is 0.128 e. The van der Waals surface area contributed by atoms with Gasteiger partial charge in [-0.1, -0.05) is 5.57 Å². The van der Waals surface area contributed by atoms with Gasteiger partial charge >= 0.3 is 0 Å². The van der Waals surface area contributed by atoms with Crippen molar-refractivity contribution in [2.24, 2.45) is 0 Å². The fourth-order valence-electron chi connectivity index (χ4n) is 0.767. The van der Waals surface area contributed by atoms with Crippen molar-refractivity contribution >= 4 is 15.9 Å². The summed E-state index contributed by atoms with van der Waals surface area (Å²) in [5.41, 5.74) is 1.19. The molecule has 0 unspecified atom stereocenters. The Hall–Kier alpha value is -0.570. The second kappa shape index (κ2) is 3.72. The molecule has 0 spiro atoms. The molecule has 0 fully saturated rings. The second-order valence-corrected chi connectivity index (χ2v) is 3.42. The lowest BCUT2D eigenvalue weighted by Gasteiger charge is -1.98. The summed E-state index contributed by atoms with van der Waals surface area (Å²) in [5.74, 6) is 0. The van der Waals surface area contributed by atoms with E-state index in [1.54, 1.807) is 0 Å². The zero-order chi connectivity index (χ0) is 8.27. The summed E-state index contributed by atoms with van der Waals surface area (Å²) in [6, 6.07) is 1.93. The number of aryl methyl sites for hydroxylation is 1. The van der Waals surface area contributed by atoms with Crippen LogP contribution in [-0.4, -0.2) is 9.78 Å². The van der Waals surface area contributed by atoms with Crippen LogP contribution in [0.4, 0.5) is 0 Å². The highest BCUT2D eigenvalue weighted by molar-refractivity contribution is 9.10. The number of nitrogens with zero attached hydrogens (tertiary/aromatic N) is 2. The Morgan fingerprint density at radius 2 is 2.55 bits per heavy atom. The topological polar surface area (TPSA) is 17.8 Å². The Bertz CT molecular complexity index is 252. The maximum atomic E-state index is 4.17. The van der Waals surface area contributed by atoms with Gasteiger partial charge in [-0.3, -0.25) is 4.68 Å². The molecule has 0 bridgehead atoms. The zero-order valence-electron chi connectivity index (χ0n) is 6.55. The molecule has 2 nitrogen and oxygen atoms in total. The first-order chi connectivity index (χ1) is 5.18. The van der Waals surface area contributed by atoms with E-state index in [2.05, 4.69) is 27.6 Å². The molecule has 0 aromatic carbocycles. The fourth-order valence-corrected chi connectivity index (χ4v) is 1.09. The Labute approximate surface area is 75.0 Å². The standard InChI is InChI=1S/C8H11BrN2/c1-7(2)3-5-11-6-4-8(9)10-11/h4,6H,1,3,5H2,2H3. The summed E-state index contributed by atoms with van der Waals surface area (Å²) in [6.07, 6.45) is 2.95. The van der Waals surface area contributed by atoms with E-state index in [1.165, 1.54) is 5.57 Å². The van der Waals surface area contributed by atoms with Gasteiger partial charge in [-0.15, -0.1) is 6.58 Å². The predicted octanol–water partition coefficient (Wildman–Crippen LogP) is 2.61. The summed E-state index contributed by atoms with van der Waals surface area (Å²) in [4.78, 5) is 0. The summed E-state index contributed by atoms with van der Waals surface area (Å²) in [6.45, 7) is 6.77. The third kappa shape index (κ3) is 2.89. The van der Waals surface area contributed by atoms with Crippen molar-refractivity contribution in [1.29, 1.82) is 0 Å². The highest BCUT2D eigenvalue weighted by Crippen LogP contribution is 2.05. The monoisotopic (exact) mass is 214 g/mol. The minimum atomic E-state index is 0.888. The van der Waals surface area contributed by atoms with Crippen LogP contribution < -0.4 is 0 Å². The fraction of sp³-hybridized carbons (Fsp3) is 0.375. The van der Waals surface area contributed by atoms with Crippen LogP contribution in [0, 0.1) is 0 Å². The lowest BCUT2D eigenvalue weighted by atomic mass is 10.2. The largest absolute Gasteiger partial charge is 0.271 e. The second-order valence-electron chi connectivity index (χ2n) is 2.61. The smallest absolute Gasteiger partial charge is 0.128 e. The van der Waals surface area contributed by atoms with E-state index >= 15 is 0 Å². The van der Waals surface area contributed by atoms with Crippen LogP contribution in [0.3, 0.4) is 0 Å². The molecule has 1 aromatic heterocycles. The number of halogens is 1. The van der Waals surface area contributed by atoms with E-state index < -0.39 is 0 Å². The quantitative estimate of drug-likeness (QED) is 0.708. The zero-order valence-corrected chi connectivity index (χ0v) is 8.13. The Kier molecular flexibility index (Phi) is 2.88. The van der Waals surface area contributed by atoms with Crippen molar-refractivity contribution in [2.75, 3.05) is 0 Å². The highest BCUT2D eigenvalue weighted by Gasteiger charge is 1.93. The van der Waals surface area contributed by atoms with Crippen LogP contribution in [0.5, 0.6) is 0 Å². The van der Waals surface area contributed by atoms with Crippen LogP contribution >= 0.6 is 15.9 Å². The number of allylic oxidation sites excluding steroid dienone is 1. The van der Waals surface area contributed by atoms with Crippen molar-refractivity contribution in [2.45, 2.75) is 19.9 Å². The van der Waals surface area contributed by atoms with Crippen molar-refractivity contribution in [3.63, 3.8) is 0 Å². The maximum absolute atomic E-state index is 4.17. The molecule has 1 rings (SSSR count). The van der Waals surface area contributed by atoms with Crippen LogP contribution in [-0.2, 0) is 6.54 Å². The minimum Gasteiger partial charge on any atom is -0.271 e. The van der Waals surface area contributed by atoms with Crippen LogP contribution in [0.2, 0.25) is 0 Å².